The van der Waals surface area contributed by atoms with Gasteiger partial charge >= 0.3 is 0 Å². The Morgan fingerprint density at radius 1 is 0.886 bits per heavy atom. The maximum Gasteiger partial charge on any atom is 0.265 e. The molecular weight excluding hydrogens is 509 g/mol. The molecule has 0 spiro atoms. The Bertz CT molecular complexity index is 1210. The van der Waals surface area contributed by atoms with Gasteiger partial charge in [0.05, 0.1) is 16.4 Å². The van der Waals surface area contributed by atoms with E-state index in [1.165, 1.54) is 0 Å². The Hall–Kier alpha value is -2.93. The third kappa shape index (κ3) is 6.20. The van der Waals surface area contributed by atoms with Crippen LogP contribution in [0.15, 0.2) is 66.7 Å². The number of para-hydroxylation sites is 2. The van der Waals surface area contributed by atoms with Gasteiger partial charge < -0.3 is 19.9 Å². The van der Waals surface area contributed by atoms with Crippen LogP contribution in [0.4, 0.5) is 11.4 Å². The second-order valence-corrected chi connectivity index (χ2v) is 9.41. The van der Waals surface area contributed by atoms with Gasteiger partial charge in [-0.15, -0.1) is 0 Å². The number of amides is 2. The Morgan fingerprint density at radius 3 is 2.23 bits per heavy atom. The van der Waals surface area contributed by atoms with E-state index in [4.69, 9.17) is 39.5 Å². The lowest BCUT2D eigenvalue weighted by Crippen LogP contribution is -2.49. The molecule has 2 amide bonds. The lowest BCUT2D eigenvalue weighted by Gasteiger charge is -2.37. The fraction of sp³-hybridized carbons (Fsp3) is 0.231. The Morgan fingerprint density at radius 2 is 1.54 bits per heavy atom. The van der Waals surface area contributed by atoms with Crippen LogP contribution in [0.5, 0.6) is 5.75 Å². The topological polar surface area (TPSA) is 61.9 Å². The molecule has 1 aliphatic heterocycles. The molecule has 1 fully saturated rings. The third-order valence-electron chi connectivity index (χ3n) is 5.73. The molecule has 182 valence electrons. The molecule has 6 nitrogen and oxygen atoms in total. The summed E-state index contributed by atoms with van der Waals surface area (Å²) in [7, 11) is 0. The van der Waals surface area contributed by atoms with E-state index in [0.717, 1.165) is 5.69 Å². The number of hydrogen-bond acceptors (Lipinski definition) is 4. The molecule has 1 aliphatic rings. The van der Waals surface area contributed by atoms with E-state index in [1.807, 2.05) is 29.2 Å². The zero-order valence-electron chi connectivity index (χ0n) is 19.0. The molecule has 1 saturated heterocycles. The van der Waals surface area contributed by atoms with E-state index >= 15 is 0 Å². The van der Waals surface area contributed by atoms with Gasteiger partial charge in [-0.2, -0.15) is 0 Å². The van der Waals surface area contributed by atoms with Crippen molar-refractivity contribution >= 4 is 58.0 Å². The molecule has 3 aromatic carbocycles. The van der Waals surface area contributed by atoms with Gasteiger partial charge in [-0.05, 0) is 61.5 Å². The van der Waals surface area contributed by atoms with Crippen LogP contribution >= 0.6 is 34.8 Å². The summed E-state index contributed by atoms with van der Waals surface area (Å²) in [6.45, 7) is 4.07. The summed E-state index contributed by atoms with van der Waals surface area (Å²) in [5.41, 5.74) is 2.18. The normalized spacial score (nSPS) is 14.4. The van der Waals surface area contributed by atoms with Crippen molar-refractivity contribution in [3.63, 3.8) is 0 Å². The minimum absolute atomic E-state index is 0.0188. The number of rotatable bonds is 6. The standard InChI is InChI=1S/C26H24Cl3N3O3/c1-17(35-24-11-10-20(28)16-21(24)29)25(33)30-22-4-2-3-5-23(22)31-12-14-32(15-13-31)26(34)18-6-8-19(27)9-7-18/h2-11,16-17H,12-15H2,1H3,(H,30,33)/t17-/m0/s1. The van der Waals surface area contributed by atoms with Gasteiger partial charge in [-0.3, -0.25) is 9.59 Å². The quantitative estimate of drug-likeness (QED) is 0.422. The highest BCUT2D eigenvalue weighted by atomic mass is 35.5. The second-order valence-electron chi connectivity index (χ2n) is 8.13. The molecule has 0 aromatic heterocycles. The molecule has 1 atom stereocenters. The molecule has 0 radical (unpaired) electrons. The minimum atomic E-state index is -0.782. The maximum absolute atomic E-state index is 12.9. The molecule has 0 saturated carbocycles. The molecule has 4 rings (SSSR count). The zero-order valence-corrected chi connectivity index (χ0v) is 21.3. The SMILES string of the molecule is C[C@H](Oc1ccc(Cl)cc1Cl)C(=O)Nc1ccccc1N1CCN(C(=O)c2ccc(Cl)cc2)CC1. The summed E-state index contributed by atoms with van der Waals surface area (Å²) in [4.78, 5) is 29.7. The van der Waals surface area contributed by atoms with Gasteiger partial charge in [-0.25, -0.2) is 0 Å². The van der Waals surface area contributed by atoms with Crippen molar-refractivity contribution in [3.05, 3.63) is 87.4 Å². The predicted octanol–water partition coefficient (Wildman–Crippen LogP) is 6.02. The van der Waals surface area contributed by atoms with Gasteiger partial charge in [0, 0.05) is 41.8 Å². The Kier molecular flexibility index (Phi) is 8.06. The van der Waals surface area contributed by atoms with E-state index in [-0.39, 0.29) is 11.8 Å². The first-order chi connectivity index (χ1) is 16.8. The van der Waals surface area contributed by atoms with Crippen LogP contribution in [0, 0.1) is 0 Å². The van der Waals surface area contributed by atoms with Crippen LogP contribution in [0.25, 0.3) is 0 Å². The van der Waals surface area contributed by atoms with Gasteiger partial charge in [0.1, 0.15) is 5.75 Å². The molecule has 35 heavy (non-hydrogen) atoms. The molecule has 0 bridgehead atoms. The predicted molar refractivity (Wildman–Crippen MR) is 141 cm³/mol. The zero-order chi connectivity index (χ0) is 24.9. The van der Waals surface area contributed by atoms with Crippen LogP contribution < -0.4 is 15.0 Å². The highest BCUT2D eigenvalue weighted by Crippen LogP contribution is 2.30. The van der Waals surface area contributed by atoms with Gasteiger partial charge in [0.25, 0.3) is 11.8 Å². The third-order valence-corrected chi connectivity index (χ3v) is 6.51. The lowest BCUT2D eigenvalue weighted by molar-refractivity contribution is -0.122. The Balaban J connectivity index is 1.39. The van der Waals surface area contributed by atoms with E-state index in [1.54, 1.807) is 49.4 Å². The van der Waals surface area contributed by atoms with Gasteiger partial charge in [-0.1, -0.05) is 46.9 Å². The molecule has 0 unspecified atom stereocenters. The first-order valence-electron chi connectivity index (χ1n) is 11.1. The fourth-order valence-electron chi connectivity index (χ4n) is 3.83. The number of nitrogens with zero attached hydrogens (tertiary/aromatic N) is 2. The number of halogens is 3. The maximum atomic E-state index is 12.9. The number of hydrogen-bond donors (Lipinski definition) is 1. The minimum Gasteiger partial charge on any atom is -0.479 e. The summed E-state index contributed by atoms with van der Waals surface area (Å²) in [5.74, 6) is 0.0586. The van der Waals surface area contributed by atoms with E-state index in [2.05, 4.69) is 10.2 Å². The number of anilines is 2. The van der Waals surface area contributed by atoms with Crippen LogP contribution in [0.3, 0.4) is 0 Å². The average molecular weight is 533 g/mol. The first kappa shape index (κ1) is 25.2. The Labute approximate surface area is 219 Å². The summed E-state index contributed by atoms with van der Waals surface area (Å²) < 4.78 is 5.74. The van der Waals surface area contributed by atoms with E-state index < -0.39 is 6.10 Å². The smallest absolute Gasteiger partial charge is 0.265 e. The van der Waals surface area contributed by atoms with Crippen molar-refractivity contribution < 1.29 is 14.3 Å². The van der Waals surface area contributed by atoms with Crippen LogP contribution in [0.1, 0.15) is 17.3 Å². The summed E-state index contributed by atoms with van der Waals surface area (Å²) in [6.07, 6.45) is -0.782. The first-order valence-corrected chi connectivity index (χ1v) is 12.3. The highest BCUT2D eigenvalue weighted by Gasteiger charge is 2.25. The average Bonchev–Trinajstić information content (AvgIpc) is 2.86. The van der Waals surface area contributed by atoms with E-state index in [0.29, 0.717) is 58.2 Å². The molecule has 1 N–H and O–H groups in total. The molecule has 9 heteroatoms. The largest absolute Gasteiger partial charge is 0.479 e. The molecule has 0 aliphatic carbocycles. The number of carbonyl (C=O) groups is 2. The summed E-state index contributed by atoms with van der Waals surface area (Å²) in [6, 6.07) is 19.3. The monoisotopic (exact) mass is 531 g/mol. The van der Waals surface area contributed by atoms with Crippen molar-refractivity contribution in [1.29, 1.82) is 0 Å². The summed E-state index contributed by atoms with van der Waals surface area (Å²) >= 11 is 18.0. The highest BCUT2D eigenvalue weighted by molar-refractivity contribution is 6.35. The lowest BCUT2D eigenvalue weighted by atomic mass is 10.1. The van der Waals surface area contributed by atoms with Gasteiger partial charge in [0.15, 0.2) is 6.10 Å². The number of ether oxygens (including phenoxy) is 1. The molecule has 1 heterocycles. The molecular formula is C26H24Cl3N3O3. The van der Waals surface area contributed by atoms with Crippen molar-refractivity contribution in [2.75, 3.05) is 36.4 Å². The second kappa shape index (κ2) is 11.2. The number of benzene rings is 3. The molecule has 3 aromatic rings. The van der Waals surface area contributed by atoms with Crippen molar-refractivity contribution in [1.82, 2.24) is 4.90 Å². The van der Waals surface area contributed by atoms with E-state index in [9.17, 15) is 9.59 Å². The number of carbonyl (C=O) groups excluding carboxylic acids is 2. The fourth-order valence-corrected chi connectivity index (χ4v) is 4.41. The summed E-state index contributed by atoms with van der Waals surface area (Å²) in [5, 5.41) is 4.38. The van der Waals surface area contributed by atoms with Crippen molar-refractivity contribution in [2.45, 2.75) is 13.0 Å². The van der Waals surface area contributed by atoms with Crippen LogP contribution in [-0.4, -0.2) is 49.0 Å². The number of piperazine rings is 1. The van der Waals surface area contributed by atoms with Crippen molar-refractivity contribution in [2.24, 2.45) is 0 Å². The van der Waals surface area contributed by atoms with Crippen LogP contribution in [0.2, 0.25) is 15.1 Å². The van der Waals surface area contributed by atoms with Crippen LogP contribution in [-0.2, 0) is 4.79 Å². The van der Waals surface area contributed by atoms with Gasteiger partial charge in [0.2, 0.25) is 0 Å². The number of nitrogens with one attached hydrogen (secondary N) is 1. The van der Waals surface area contributed by atoms with Crippen molar-refractivity contribution in [3.8, 4) is 5.75 Å².